The van der Waals surface area contributed by atoms with Crippen LogP contribution in [0.2, 0.25) is 0 Å². The molecule has 1 aromatic carbocycles. The molecule has 1 aromatic rings. The van der Waals surface area contributed by atoms with E-state index >= 15 is 0 Å². The molecule has 98 valence electrons. The minimum absolute atomic E-state index is 0.317. The molecule has 1 aliphatic heterocycles. The van der Waals surface area contributed by atoms with Crippen LogP contribution in [0.3, 0.4) is 0 Å². The van der Waals surface area contributed by atoms with Crippen LogP contribution in [-0.2, 0) is 4.74 Å². The molecule has 3 heteroatoms. The molecule has 0 N–H and O–H groups in total. The van der Waals surface area contributed by atoms with Crippen molar-refractivity contribution >= 4 is 21.6 Å². The molecular weight excluding hydrogens is 290 g/mol. The van der Waals surface area contributed by atoms with Gasteiger partial charge in [-0.1, -0.05) is 15.9 Å². The van der Waals surface area contributed by atoms with Gasteiger partial charge in [0.1, 0.15) is 0 Å². The first-order chi connectivity index (χ1) is 8.61. The molecule has 3 rings (SSSR count). The third kappa shape index (κ3) is 2.72. The zero-order valence-electron chi connectivity index (χ0n) is 11.0. The van der Waals surface area contributed by atoms with E-state index in [1.54, 1.807) is 0 Å². The maximum absolute atomic E-state index is 5.80. The van der Waals surface area contributed by atoms with Crippen molar-refractivity contribution in [3.05, 3.63) is 28.2 Å². The van der Waals surface area contributed by atoms with Crippen LogP contribution < -0.4 is 4.90 Å². The van der Waals surface area contributed by atoms with Crippen molar-refractivity contribution in [1.82, 2.24) is 0 Å². The smallest absolute Gasteiger partial charge is 0.0726 e. The first-order valence-corrected chi connectivity index (χ1v) is 7.62. The summed E-state index contributed by atoms with van der Waals surface area (Å²) >= 11 is 3.65. The van der Waals surface area contributed by atoms with E-state index in [0.29, 0.717) is 12.2 Å². The van der Waals surface area contributed by atoms with E-state index in [1.807, 2.05) is 0 Å². The summed E-state index contributed by atoms with van der Waals surface area (Å²) in [6.07, 6.45) is 3.34. The molecule has 1 saturated heterocycles. The lowest BCUT2D eigenvalue weighted by atomic mass is 10.1. The number of hydrogen-bond donors (Lipinski definition) is 0. The monoisotopic (exact) mass is 309 g/mol. The van der Waals surface area contributed by atoms with E-state index in [0.717, 1.165) is 19.0 Å². The fourth-order valence-electron chi connectivity index (χ4n) is 2.82. The van der Waals surface area contributed by atoms with Crippen LogP contribution in [0.4, 0.5) is 5.69 Å². The highest BCUT2D eigenvalue weighted by Crippen LogP contribution is 2.42. The lowest BCUT2D eigenvalue weighted by molar-refractivity contribution is -0.00522. The van der Waals surface area contributed by atoms with E-state index in [9.17, 15) is 0 Å². The number of rotatable bonds is 2. The van der Waals surface area contributed by atoms with Crippen molar-refractivity contribution in [3.8, 4) is 0 Å². The Bertz CT molecular complexity index is 434. The summed E-state index contributed by atoms with van der Waals surface area (Å²) in [7, 11) is 0. The highest BCUT2D eigenvalue weighted by Gasteiger charge is 2.26. The van der Waals surface area contributed by atoms with Crippen molar-refractivity contribution in [1.29, 1.82) is 0 Å². The fraction of sp³-hybridized carbons (Fsp3) is 0.600. The first kappa shape index (κ1) is 12.5. The number of nitrogens with zero attached hydrogens (tertiary/aromatic N) is 1. The molecule has 18 heavy (non-hydrogen) atoms. The number of ether oxygens (including phenoxy) is 1. The van der Waals surface area contributed by atoms with Crippen LogP contribution in [0.1, 0.15) is 38.2 Å². The zero-order valence-corrected chi connectivity index (χ0v) is 12.6. The second-order valence-corrected chi connectivity index (χ2v) is 6.60. The van der Waals surface area contributed by atoms with E-state index in [4.69, 9.17) is 4.74 Å². The summed E-state index contributed by atoms with van der Waals surface area (Å²) < 4.78 is 7.01. The van der Waals surface area contributed by atoms with Crippen LogP contribution in [0.25, 0.3) is 0 Å². The van der Waals surface area contributed by atoms with E-state index in [2.05, 4.69) is 52.9 Å². The maximum atomic E-state index is 5.80. The van der Waals surface area contributed by atoms with E-state index in [-0.39, 0.29) is 0 Å². The molecule has 2 unspecified atom stereocenters. The van der Waals surface area contributed by atoms with E-state index < -0.39 is 0 Å². The Labute approximate surface area is 117 Å². The molecule has 0 amide bonds. The number of morpholine rings is 1. The Morgan fingerprint density at radius 2 is 1.78 bits per heavy atom. The SMILES string of the molecule is CC1CN(c2cc(Br)cc(C3CC3)c2)CC(C)O1. The van der Waals surface area contributed by atoms with Gasteiger partial charge in [0.25, 0.3) is 0 Å². The molecule has 0 bridgehead atoms. The topological polar surface area (TPSA) is 12.5 Å². The Morgan fingerprint density at radius 3 is 2.39 bits per heavy atom. The Kier molecular flexibility index (Phi) is 3.37. The Hall–Kier alpha value is -0.540. The van der Waals surface area contributed by atoms with Gasteiger partial charge in [-0.3, -0.25) is 0 Å². The van der Waals surface area contributed by atoms with Crippen molar-refractivity contribution in [2.45, 2.75) is 44.8 Å². The Balaban J connectivity index is 1.86. The highest BCUT2D eigenvalue weighted by atomic mass is 79.9. The number of anilines is 1. The van der Waals surface area contributed by atoms with Crippen molar-refractivity contribution in [2.24, 2.45) is 0 Å². The molecular formula is C15H20BrNO. The van der Waals surface area contributed by atoms with Crippen LogP contribution >= 0.6 is 15.9 Å². The van der Waals surface area contributed by atoms with Crippen molar-refractivity contribution in [3.63, 3.8) is 0 Å². The van der Waals surface area contributed by atoms with Gasteiger partial charge in [0.2, 0.25) is 0 Å². The third-order valence-electron chi connectivity index (χ3n) is 3.74. The van der Waals surface area contributed by atoms with Gasteiger partial charge in [-0.2, -0.15) is 0 Å². The van der Waals surface area contributed by atoms with Crippen LogP contribution in [0.5, 0.6) is 0 Å². The quantitative estimate of drug-likeness (QED) is 0.820. The summed E-state index contributed by atoms with van der Waals surface area (Å²) in [4.78, 5) is 2.45. The molecule has 1 aliphatic carbocycles. The minimum Gasteiger partial charge on any atom is -0.372 e. The lowest BCUT2D eigenvalue weighted by Gasteiger charge is -2.37. The maximum Gasteiger partial charge on any atom is 0.0726 e. The molecule has 0 radical (unpaired) electrons. The number of hydrogen-bond acceptors (Lipinski definition) is 2. The minimum atomic E-state index is 0.317. The van der Waals surface area contributed by atoms with Gasteiger partial charge in [0.15, 0.2) is 0 Å². The van der Waals surface area contributed by atoms with Crippen molar-refractivity contribution < 1.29 is 4.74 Å². The molecule has 1 heterocycles. The molecule has 2 fully saturated rings. The molecule has 0 aromatic heterocycles. The largest absolute Gasteiger partial charge is 0.372 e. The third-order valence-corrected chi connectivity index (χ3v) is 4.20. The van der Waals surface area contributed by atoms with Gasteiger partial charge in [0.05, 0.1) is 12.2 Å². The predicted molar refractivity (Wildman–Crippen MR) is 78.3 cm³/mol. The second-order valence-electron chi connectivity index (χ2n) is 5.68. The molecule has 0 spiro atoms. The average Bonchev–Trinajstić information content (AvgIpc) is 3.10. The zero-order chi connectivity index (χ0) is 12.7. The fourth-order valence-corrected chi connectivity index (χ4v) is 3.32. The molecule has 2 atom stereocenters. The normalized spacial score (nSPS) is 28.5. The van der Waals surface area contributed by atoms with Crippen LogP contribution in [0.15, 0.2) is 22.7 Å². The lowest BCUT2D eigenvalue weighted by Crippen LogP contribution is -2.45. The van der Waals surface area contributed by atoms with Gasteiger partial charge in [-0.15, -0.1) is 0 Å². The number of benzene rings is 1. The van der Waals surface area contributed by atoms with Gasteiger partial charge < -0.3 is 9.64 Å². The summed E-state index contributed by atoms with van der Waals surface area (Å²) in [6.45, 7) is 6.29. The summed E-state index contributed by atoms with van der Waals surface area (Å²) in [6, 6.07) is 6.87. The highest BCUT2D eigenvalue weighted by molar-refractivity contribution is 9.10. The summed E-state index contributed by atoms with van der Waals surface area (Å²) in [5.74, 6) is 0.803. The van der Waals surface area contributed by atoms with Gasteiger partial charge >= 0.3 is 0 Å². The summed E-state index contributed by atoms with van der Waals surface area (Å²) in [5, 5.41) is 0. The van der Waals surface area contributed by atoms with Gasteiger partial charge in [-0.05, 0) is 56.4 Å². The van der Waals surface area contributed by atoms with Gasteiger partial charge in [-0.25, -0.2) is 0 Å². The average molecular weight is 310 g/mol. The van der Waals surface area contributed by atoms with E-state index in [1.165, 1.54) is 28.6 Å². The summed E-state index contributed by atoms with van der Waals surface area (Å²) in [5.41, 5.74) is 2.83. The van der Waals surface area contributed by atoms with Crippen LogP contribution in [-0.4, -0.2) is 25.3 Å². The van der Waals surface area contributed by atoms with Crippen molar-refractivity contribution in [2.75, 3.05) is 18.0 Å². The molecule has 2 nitrogen and oxygen atoms in total. The predicted octanol–water partition coefficient (Wildman–Crippen LogP) is 3.94. The number of halogens is 1. The molecule has 2 aliphatic rings. The molecule has 1 saturated carbocycles. The standard InChI is InChI=1S/C15H20BrNO/c1-10-8-17(9-11(2)18-10)15-6-13(12-3-4-12)5-14(16)7-15/h5-7,10-12H,3-4,8-9H2,1-2H3. The van der Waals surface area contributed by atoms with Gasteiger partial charge in [0, 0.05) is 23.2 Å². The first-order valence-electron chi connectivity index (χ1n) is 6.82. The van der Waals surface area contributed by atoms with Crippen LogP contribution in [0, 0.1) is 0 Å². The second kappa shape index (κ2) is 4.86. The Morgan fingerprint density at radius 1 is 1.11 bits per heavy atom.